The first-order chi connectivity index (χ1) is 5.88. The van der Waals surface area contributed by atoms with Gasteiger partial charge in [-0.2, -0.15) is 4.99 Å². The SMILES string of the molecule is CC(=C1N=CNO1)c1nccs1. The lowest BCUT2D eigenvalue weighted by atomic mass is 10.3. The van der Waals surface area contributed by atoms with Crippen molar-refractivity contribution in [1.29, 1.82) is 0 Å². The van der Waals surface area contributed by atoms with Gasteiger partial charge in [0.05, 0.1) is 5.57 Å². The van der Waals surface area contributed by atoms with Crippen molar-refractivity contribution in [2.75, 3.05) is 0 Å². The maximum Gasteiger partial charge on any atom is 0.253 e. The number of allylic oxidation sites excluding steroid dienone is 1. The van der Waals surface area contributed by atoms with Gasteiger partial charge in [0.2, 0.25) is 0 Å². The molecule has 1 N–H and O–H groups in total. The number of rotatable bonds is 1. The van der Waals surface area contributed by atoms with Crippen molar-refractivity contribution >= 4 is 23.2 Å². The van der Waals surface area contributed by atoms with Gasteiger partial charge in [0, 0.05) is 11.6 Å². The Labute approximate surface area is 73.6 Å². The second kappa shape index (κ2) is 2.94. The summed E-state index contributed by atoms with van der Waals surface area (Å²) in [6.07, 6.45) is 3.27. The number of hydrogen-bond donors (Lipinski definition) is 1. The number of hydrogen-bond acceptors (Lipinski definition) is 5. The van der Waals surface area contributed by atoms with Gasteiger partial charge < -0.3 is 4.84 Å². The Balaban J connectivity index is 2.35. The van der Waals surface area contributed by atoms with E-state index in [4.69, 9.17) is 4.84 Å². The molecule has 0 atom stereocenters. The van der Waals surface area contributed by atoms with E-state index in [0.29, 0.717) is 5.88 Å². The van der Waals surface area contributed by atoms with Crippen LogP contribution >= 0.6 is 11.3 Å². The number of thiazole rings is 1. The van der Waals surface area contributed by atoms with E-state index in [1.807, 2.05) is 12.3 Å². The van der Waals surface area contributed by atoms with Gasteiger partial charge in [-0.1, -0.05) is 0 Å². The molecule has 0 unspecified atom stereocenters. The van der Waals surface area contributed by atoms with Gasteiger partial charge in [-0.3, -0.25) is 0 Å². The van der Waals surface area contributed by atoms with E-state index in [1.54, 1.807) is 17.5 Å². The van der Waals surface area contributed by atoms with Crippen LogP contribution in [0, 0.1) is 0 Å². The van der Waals surface area contributed by atoms with Gasteiger partial charge in [-0.05, 0) is 6.92 Å². The average Bonchev–Trinajstić information content (AvgIpc) is 2.77. The van der Waals surface area contributed by atoms with E-state index in [-0.39, 0.29) is 0 Å². The van der Waals surface area contributed by atoms with Crippen molar-refractivity contribution in [2.24, 2.45) is 4.99 Å². The van der Waals surface area contributed by atoms with Crippen LogP contribution in [0.5, 0.6) is 0 Å². The summed E-state index contributed by atoms with van der Waals surface area (Å²) in [5.41, 5.74) is 3.49. The van der Waals surface area contributed by atoms with E-state index in [2.05, 4.69) is 15.5 Å². The number of nitrogens with zero attached hydrogens (tertiary/aromatic N) is 2. The average molecular weight is 181 g/mol. The monoisotopic (exact) mass is 181 g/mol. The molecule has 12 heavy (non-hydrogen) atoms. The highest BCUT2D eigenvalue weighted by Crippen LogP contribution is 2.21. The molecule has 1 aromatic rings. The number of aromatic nitrogens is 1. The minimum atomic E-state index is 0.588. The van der Waals surface area contributed by atoms with E-state index < -0.39 is 0 Å². The Morgan fingerprint density at radius 1 is 1.67 bits per heavy atom. The zero-order valence-corrected chi connectivity index (χ0v) is 7.26. The highest BCUT2D eigenvalue weighted by atomic mass is 32.1. The molecular formula is C7H7N3OS. The van der Waals surface area contributed by atoms with E-state index in [9.17, 15) is 0 Å². The van der Waals surface area contributed by atoms with Gasteiger partial charge in [-0.15, -0.1) is 11.3 Å². The Bertz CT molecular complexity index is 328. The smallest absolute Gasteiger partial charge is 0.253 e. The van der Waals surface area contributed by atoms with Crippen molar-refractivity contribution in [3.05, 3.63) is 22.5 Å². The maximum absolute atomic E-state index is 5.01. The number of hydroxylamine groups is 1. The van der Waals surface area contributed by atoms with Crippen LogP contribution in [0.15, 0.2) is 22.5 Å². The molecule has 0 fully saturated rings. The third kappa shape index (κ3) is 1.18. The zero-order chi connectivity index (χ0) is 8.39. The Morgan fingerprint density at radius 2 is 2.58 bits per heavy atom. The van der Waals surface area contributed by atoms with E-state index in [0.717, 1.165) is 10.6 Å². The summed E-state index contributed by atoms with van der Waals surface area (Å²) in [6.45, 7) is 1.93. The highest BCUT2D eigenvalue weighted by molar-refractivity contribution is 7.10. The van der Waals surface area contributed by atoms with Crippen LogP contribution in [-0.2, 0) is 4.84 Å². The van der Waals surface area contributed by atoms with Gasteiger partial charge >= 0.3 is 0 Å². The standard InChI is InChI=1S/C7H7N3OS/c1-5(6-9-4-10-11-6)7-8-2-3-12-7/h2-4H,1H3,(H,9,10). The van der Waals surface area contributed by atoms with Crippen LogP contribution in [0.25, 0.3) is 5.57 Å². The molecule has 1 aromatic heterocycles. The van der Waals surface area contributed by atoms with Crippen LogP contribution in [0.4, 0.5) is 0 Å². The molecule has 1 aliphatic rings. The minimum absolute atomic E-state index is 0.588. The third-order valence-corrected chi connectivity index (χ3v) is 2.36. The van der Waals surface area contributed by atoms with Crippen LogP contribution in [0.1, 0.15) is 11.9 Å². The van der Waals surface area contributed by atoms with Gasteiger partial charge in [0.25, 0.3) is 5.88 Å². The first-order valence-electron chi connectivity index (χ1n) is 3.43. The fraction of sp³-hybridized carbons (Fsp3) is 0.143. The molecule has 5 heteroatoms. The summed E-state index contributed by atoms with van der Waals surface area (Å²) in [6, 6.07) is 0. The Hall–Kier alpha value is -1.36. The second-order valence-electron chi connectivity index (χ2n) is 2.25. The number of aliphatic imine (C=N–C) groups is 1. The highest BCUT2D eigenvalue weighted by Gasteiger charge is 2.10. The third-order valence-electron chi connectivity index (χ3n) is 1.46. The molecule has 0 saturated heterocycles. The van der Waals surface area contributed by atoms with Crippen molar-refractivity contribution in [2.45, 2.75) is 6.92 Å². The minimum Gasteiger partial charge on any atom is -0.360 e. The van der Waals surface area contributed by atoms with E-state index in [1.165, 1.54) is 6.34 Å². The molecule has 0 radical (unpaired) electrons. The van der Waals surface area contributed by atoms with Gasteiger partial charge in [0.15, 0.2) is 0 Å². The van der Waals surface area contributed by atoms with Gasteiger partial charge in [0.1, 0.15) is 11.3 Å². The molecular weight excluding hydrogens is 174 g/mol. The lowest BCUT2D eigenvalue weighted by molar-refractivity contribution is 0.181. The van der Waals surface area contributed by atoms with E-state index >= 15 is 0 Å². The van der Waals surface area contributed by atoms with Crippen LogP contribution in [-0.4, -0.2) is 11.3 Å². The maximum atomic E-state index is 5.01. The normalized spacial score (nSPS) is 18.8. The Kier molecular flexibility index (Phi) is 1.79. The summed E-state index contributed by atoms with van der Waals surface area (Å²) in [5, 5.41) is 2.86. The molecule has 2 rings (SSSR count). The van der Waals surface area contributed by atoms with Crippen LogP contribution < -0.4 is 5.48 Å². The largest absolute Gasteiger partial charge is 0.360 e. The van der Waals surface area contributed by atoms with Crippen LogP contribution in [0.2, 0.25) is 0 Å². The molecule has 0 aliphatic carbocycles. The van der Waals surface area contributed by atoms with Gasteiger partial charge in [-0.25, -0.2) is 10.5 Å². The molecule has 0 amide bonds. The molecule has 4 nitrogen and oxygen atoms in total. The molecule has 62 valence electrons. The molecule has 0 saturated carbocycles. The fourth-order valence-electron chi connectivity index (χ4n) is 0.867. The predicted octanol–water partition coefficient (Wildman–Crippen LogP) is 1.39. The van der Waals surface area contributed by atoms with Crippen molar-refractivity contribution < 1.29 is 4.84 Å². The Morgan fingerprint density at radius 3 is 3.17 bits per heavy atom. The first kappa shape index (κ1) is 7.30. The topological polar surface area (TPSA) is 46.5 Å². The molecule has 0 spiro atoms. The molecule has 2 heterocycles. The van der Waals surface area contributed by atoms with Crippen LogP contribution in [0.3, 0.4) is 0 Å². The summed E-state index contributed by atoms with van der Waals surface area (Å²) in [5.74, 6) is 0.588. The lowest BCUT2D eigenvalue weighted by Gasteiger charge is -1.98. The van der Waals surface area contributed by atoms with Crippen molar-refractivity contribution in [3.8, 4) is 0 Å². The van der Waals surface area contributed by atoms with Crippen molar-refractivity contribution in [1.82, 2.24) is 10.5 Å². The summed E-state index contributed by atoms with van der Waals surface area (Å²) < 4.78 is 0. The quantitative estimate of drug-likeness (QED) is 0.712. The fourth-order valence-corrected chi connectivity index (χ4v) is 1.50. The predicted molar refractivity (Wildman–Crippen MR) is 47.4 cm³/mol. The lowest BCUT2D eigenvalue weighted by Crippen LogP contribution is -2.02. The molecule has 0 bridgehead atoms. The summed E-state index contributed by atoms with van der Waals surface area (Å²) in [7, 11) is 0. The summed E-state index contributed by atoms with van der Waals surface area (Å²) in [4.78, 5) is 13.1. The first-order valence-corrected chi connectivity index (χ1v) is 4.31. The molecule has 0 aromatic carbocycles. The van der Waals surface area contributed by atoms with Crippen molar-refractivity contribution in [3.63, 3.8) is 0 Å². The summed E-state index contributed by atoms with van der Waals surface area (Å²) >= 11 is 1.57. The second-order valence-corrected chi connectivity index (χ2v) is 3.14. The molecule has 1 aliphatic heterocycles. The number of nitrogens with one attached hydrogen (secondary N) is 1. The zero-order valence-electron chi connectivity index (χ0n) is 6.44.